The molecule has 0 unspecified atom stereocenters. The van der Waals surface area contributed by atoms with Gasteiger partial charge in [0.1, 0.15) is 5.76 Å². The maximum absolute atomic E-state index is 5.28. The van der Waals surface area contributed by atoms with Gasteiger partial charge in [0, 0.05) is 6.54 Å². The predicted octanol–water partition coefficient (Wildman–Crippen LogP) is 3.11. The summed E-state index contributed by atoms with van der Waals surface area (Å²) in [4.78, 5) is 0. The zero-order valence-electron chi connectivity index (χ0n) is 11.4. The minimum Gasteiger partial charge on any atom is -0.468 e. The third kappa shape index (κ3) is 3.58. The van der Waals surface area contributed by atoms with Gasteiger partial charge in [-0.15, -0.1) is 0 Å². The van der Waals surface area contributed by atoms with Crippen LogP contribution in [0.25, 0.3) is 0 Å². The molecule has 0 bridgehead atoms. The molecule has 3 heteroatoms. The Morgan fingerprint density at radius 1 is 1.00 bits per heavy atom. The standard InChI is InChI=1S/C15H21NOSi/c1-18(2,3)15-8-6-13(7-9-15)11-16-12-14-5-4-10-17-14/h4-10,16H,11-12H2,1-3H3. The lowest BCUT2D eigenvalue weighted by Gasteiger charge is -2.16. The van der Waals surface area contributed by atoms with Crippen molar-refractivity contribution in [2.75, 3.05) is 0 Å². The fraction of sp³-hybridized carbons (Fsp3) is 0.333. The molecule has 0 saturated heterocycles. The summed E-state index contributed by atoms with van der Waals surface area (Å²) in [6.45, 7) is 8.78. The summed E-state index contributed by atoms with van der Waals surface area (Å²) in [6.07, 6.45) is 1.71. The van der Waals surface area contributed by atoms with Gasteiger partial charge >= 0.3 is 0 Å². The Morgan fingerprint density at radius 3 is 2.28 bits per heavy atom. The van der Waals surface area contributed by atoms with E-state index < -0.39 is 8.07 Å². The lowest BCUT2D eigenvalue weighted by molar-refractivity contribution is 0.483. The number of furan rings is 1. The average Bonchev–Trinajstić information content (AvgIpc) is 2.82. The molecule has 0 fully saturated rings. The van der Waals surface area contributed by atoms with Crippen LogP contribution in [0, 0.1) is 0 Å². The van der Waals surface area contributed by atoms with Crippen LogP contribution >= 0.6 is 0 Å². The van der Waals surface area contributed by atoms with E-state index in [1.807, 2.05) is 12.1 Å². The van der Waals surface area contributed by atoms with Crippen LogP contribution in [0.1, 0.15) is 11.3 Å². The minimum atomic E-state index is -1.17. The predicted molar refractivity (Wildman–Crippen MR) is 78.7 cm³/mol. The van der Waals surface area contributed by atoms with E-state index in [4.69, 9.17) is 4.42 Å². The lowest BCUT2D eigenvalue weighted by atomic mass is 10.2. The number of hydrogen-bond acceptors (Lipinski definition) is 2. The third-order valence-electron chi connectivity index (χ3n) is 3.03. The van der Waals surface area contributed by atoms with Crippen molar-refractivity contribution in [1.29, 1.82) is 0 Å². The van der Waals surface area contributed by atoms with E-state index in [0.717, 1.165) is 18.8 Å². The maximum atomic E-state index is 5.28. The molecule has 2 nitrogen and oxygen atoms in total. The van der Waals surface area contributed by atoms with E-state index in [9.17, 15) is 0 Å². The molecule has 0 radical (unpaired) electrons. The van der Waals surface area contributed by atoms with Crippen LogP contribution in [0.3, 0.4) is 0 Å². The zero-order chi connectivity index (χ0) is 13.0. The Morgan fingerprint density at radius 2 is 1.72 bits per heavy atom. The molecule has 18 heavy (non-hydrogen) atoms. The molecule has 1 N–H and O–H groups in total. The first kappa shape index (κ1) is 13.1. The summed E-state index contributed by atoms with van der Waals surface area (Å²) in [5.74, 6) is 0.980. The van der Waals surface area contributed by atoms with Crippen LogP contribution < -0.4 is 10.5 Å². The van der Waals surface area contributed by atoms with E-state index in [1.54, 1.807) is 6.26 Å². The van der Waals surface area contributed by atoms with Crippen LogP contribution in [0.15, 0.2) is 47.1 Å². The van der Waals surface area contributed by atoms with Gasteiger partial charge in [-0.25, -0.2) is 0 Å². The first-order valence-electron chi connectivity index (χ1n) is 6.38. The molecule has 2 aromatic rings. The molecule has 1 aromatic heterocycles. The number of rotatable bonds is 5. The van der Waals surface area contributed by atoms with Crippen LogP contribution in [-0.2, 0) is 13.1 Å². The Bertz CT molecular complexity index is 468. The highest BCUT2D eigenvalue weighted by molar-refractivity contribution is 6.88. The van der Waals surface area contributed by atoms with Crippen molar-refractivity contribution >= 4 is 13.3 Å². The molecule has 96 valence electrons. The lowest BCUT2D eigenvalue weighted by Crippen LogP contribution is -2.37. The van der Waals surface area contributed by atoms with Gasteiger partial charge in [-0.05, 0) is 17.7 Å². The fourth-order valence-corrected chi connectivity index (χ4v) is 3.03. The number of benzene rings is 1. The Hall–Kier alpha value is -1.32. The molecule has 2 rings (SSSR count). The number of nitrogens with one attached hydrogen (secondary N) is 1. The van der Waals surface area contributed by atoms with Crippen LogP contribution in [0.4, 0.5) is 0 Å². The molecule has 0 spiro atoms. The molecule has 0 aliphatic rings. The highest BCUT2D eigenvalue weighted by Crippen LogP contribution is 2.05. The molecule has 1 heterocycles. The van der Waals surface area contributed by atoms with Gasteiger partial charge in [-0.2, -0.15) is 0 Å². The van der Waals surface area contributed by atoms with Gasteiger partial charge in [-0.3, -0.25) is 0 Å². The summed E-state index contributed by atoms with van der Waals surface area (Å²) >= 11 is 0. The van der Waals surface area contributed by atoms with Crippen LogP contribution in [0.5, 0.6) is 0 Å². The normalized spacial score (nSPS) is 11.7. The van der Waals surface area contributed by atoms with E-state index in [-0.39, 0.29) is 0 Å². The molecular formula is C15H21NOSi. The van der Waals surface area contributed by atoms with Gasteiger partial charge in [0.2, 0.25) is 0 Å². The molecule has 0 atom stereocenters. The molecule has 0 saturated carbocycles. The largest absolute Gasteiger partial charge is 0.468 e. The van der Waals surface area contributed by atoms with E-state index >= 15 is 0 Å². The smallest absolute Gasteiger partial charge is 0.117 e. The molecule has 0 amide bonds. The molecular weight excluding hydrogens is 238 g/mol. The molecule has 0 aliphatic carbocycles. The van der Waals surface area contributed by atoms with Crippen molar-refractivity contribution in [2.24, 2.45) is 0 Å². The third-order valence-corrected chi connectivity index (χ3v) is 5.09. The van der Waals surface area contributed by atoms with Crippen molar-refractivity contribution < 1.29 is 4.42 Å². The summed E-state index contributed by atoms with van der Waals surface area (Å²) < 4.78 is 5.28. The summed E-state index contributed by atoms with van der Waals surface area (Å²) in [5.41, 5.74) is 1.32. The van der Waals surface area contributed by atoms with Gasteiger partial charge in [0.05, 0.1) is 20.9 Å². The topological polar surface area (TPSA) is 25.2 Å². The van der Waals surface area contributed by atoms with Gasteiger partial charge in [0.25, 0.3) is 0 Å². The van der Waals surface area contributed by atoms with E-state index in [1.165, 1.54) is 10.8 Å². The Balaban J connectivity index is 1.87. The van der Waals surface area contributed by atoms with E-state index in [2.05, 4.69) is 49.2 Å². The maximum Gasteiger partial charge on any atom is 0.117 e. The van der Waals surface area contributed by atoms with Crippen molar-refractivity contribution in [3.8, 4) is 0 Å². The minimum absolute atomic E-state index is 0.781. The quantitative estimate of drug-likeness (QED) is 0.835. The summed E-state index contributed by atoms with van der Waals surface area (Å²) in [5, 5.41) is 4.89. The summed E-state index contributed by atoms with van der Waals surface area (Å²) in [7, 11) is -1.17. The SMILES string of the molecule is C[Si](C)(C)c1ccc(CNCc2ccco2)cc1. The number of hydrogen-bond donors (Lipinski definition) is 1. The van der Waals surface area contributed by atoms with Gasteiger partial charge in [-0.1, -0.05) is 49.1 Å². The Labute approximate surface area is 110 Å². The van der Waals surface area contributed by atoms with Gasteiger partial charge in [0.15, 0.2) is 0 Å². The van der Waals surface area contributed by atoms with Crippen molar-refractivity contribution in [3.63, 3.8) is 0 Å². The van der Waals surface area contributed by atoms with E-state index in [0.29, 0.717) is 0 Å². The highest BCUT2D eigenvalue weighted by atomic mass is 28.3. The second-order valence-electron chi connectivity index (χ2n) is 5.63. The van der Waals surface area contributed by atoms with Gasteiger partial charge < -0.3 is 9.73 Å². The zero-order valence-corrected chi connectivity index (χ0v) is 12.4. The van der Waals surface area contributed by atoms with Crippen LogP contribution in [0.2, 0.25) is 19.6 Å². The second-order valence-corrected chi connectivity index (χ2v) is 10.7. The van der Waals surface area contributed by atoms with Crippen molar-refractivity contribution in [1.82, 2.24) is 5.32 Å². The van der Waals surface area contributed by atoms with Crippen LogP contribution in [-0.4, -0.2) is 8.07 Å². The molecule has 1 aromatic carbocycles. The monoisotopic (exact) mass is 259 g/mol. The van der Waals surface area contributed by atoms with Crippen molar-refractivity contribution in [3.05, 3.63) is 54.0 Å². The Kier molecular flexibility index (Phi) is 4.04. The first-order chi connectivity index (χ1) is 8.55. The highest BCUT2D eigenvalue weighted by Gasteiger charge is 2.15. The second kappa shape index (κ2) is 5.55. The first-order valence-corrected chi connectivity index (χ1v) is 9.88. The molecule has 0 aliphatic heterocycles. The fourth-order valence-electron chi connectivity index (χ4n) is 1.87. The summed E-state index contributed by atoms with van der Waals surface area (Å²) in [6, 6.07) is 12.9. The average molecular weight is 259 g/mol. The van der Waals surface area contributed by atoms with Crippen molar-refractivity contribution in [2.45, 2.75) is 32.7 Å².